The van der Waals surface area contributed by atoms with Gasteiger partial charge in [-0.3, -0.25) is 10.1 Å². The average Bonchev–Trinajstić information content (AvgIpc) is 3.62. The van der Waals surface area contributed by atoms with E-state index in [4.69, 9.17) is 4.74 Å². The van der Waals surface area contributed by atoms with E-state index in [1.54, 1.807) is 6.20 Å². The molecule has 8 nitrogen and oxygen atoms in total. The number of hydrogen-bond donors (Lipinski definition) is 2. The number of benzene rings is 2. The molecule has 1 unspecified atom stereocenters. The van der Waals surface area contributed by atoms with Crippen LogP contribution in [0.4, 0.5) is 20.4 Å². The number of amides is 1. The summed E-state index contributed by atoms with van der Waals surface area (Å²) < 4.78 is 36.2. The lowest BCUT2D eigenvalue weighted by atomic mass is 9.88. The molecule has 1 aromatic heterocycles. The van der Waals surface area contributed by atoms with Crippen LogP contribution in [0, 0.1) is 24.5 Å². The molecule has 0 radical (unpaired) electrons. The van der Waals surface area contributed by atoms with Crippen LogP contribution in [-0.4, -0.2) is 66.3 Å². The average molecular weight is 561 g/mol. The van der Waals surface area contributed by atoms with E-state index in [0.717, 1.165) is 36.1 Å². The van der Waals surface area contributed by atoms with Gasteiger partial charge in [-0.2, -0.15) is 0 Å². The number of carbonyl (C=O) groups excluding carboxylic acids is 1. The highest BCUT2D eigenvalue weighted by Gasteiger charge is 2.40. The summed E-state index contributed by atoms with van der Waals surface area (Å²) in [5.74, 6) is -2.10. The van der Waals surface area contributed by atoms with Crippen molar-refractivity contribution in [3.8, 4) is 0 Å². The normalized spacial score (nSPS) is 20.6. The smallest absolute Gasteiger partial charge is 0.232 e. The van der Waals surface area contributed by atoms with Crippen molar-refractivity contribution in [3.63, 3.8) is 0 Å². The number of allylic oxidation sites excluding steroid dienone is 1. The van der Waals surface area contributed by atoms with Crippen LogP contribution in [0.2, 0.25) is 0 Å². The number of rotatable bonds is 7. The van der Waals surface area contributed by atoms with Crippen molar-refractivity contribution < 1.29 is 18.3 Å². The molecule has 2 aromatic carbocycles. The summed E-state index contributed by atoms with van der Waals surface area (Å²) in [7, 11) is 0. The molecule has 0 aliphatic carbocycles. The second kappa shape index (κ2) is 11.7. The number of anilines is 2. The SMILES string of the molecule is Cc1ccc(Cn2ccnc2NC(=O)C2CN(C3=CCNC=C3)C[C@H]2c2ccc(F)cc2F)c(N2CCOCC2)c1. The van der Waals surface area contributed by atoms with Gasteiger partial charge >= 0.3 is 0 Å². The Balaban J connectivity index is 1.24. The van der Waals surface area contributed by atoms with Gasteiger partial charge in [0.1, 0.15) is 11.6 Å². The molecule has 214 valence electrons. The third kappa shape index (κ3) is 5.83. The lowest BCUT2D eigenvalue weighted by molar-refractivity contribution is -0.119. The van der Waals surface area contributed by atoms with Crippen LogP contribution >= 0.6 is 0 Å². The van der Waals surface area contributed by atoms with E-state index in [1.165, 1.54) is 17.7 Å². The van der Waals surface area contributed by atoms with Gasteiger partial charge in [0.25, 0.3) is 0 Å². The van der Waals surface area contributed by atoms with Gasteiger partial charge in [-0.15, -0.1) is 0 Å². The minimum absolute atomic E-state index is 0.246. The molecule has 6 rings (SSSR count). The number of imidazole rings is 1. The monoisotopic (exact) mass is 560 g/mol. The zero-order valence-corrected chi connectivity index (χ0v) is 23.0. The first-order valence-electron chi connectivity index (χ1n) is 14.0. The molecule has 1 amide bonds. The topological polar surface area (TPSA) is 74.7 Å². The number of aryl methyl sites for hydroxylation is 1. The van der Waals surface area contributed by atoms with Crippen LogP contribution < -0.4 is 15.5 Å². The fourth-order valence-electron chi connectivity index (χ4n) is 5.93. The van der Waals surface area contributed by atoms with Crippen LogP contribution in [-0.2, 0) is 16.1 Å². The second-order valence-electron chi connectivity index (χ2n) is 10.8. The van der Waals surface area contributed by atoms with Crippen molar-refractivity contribution >= 4 is 17.5 Å². The van der Waals surface area contributed by atoms with Crippen LogP contribution in [0.15, 0.2) is 72.8 Å². The van der Waals surface area contributed by atoms with Crippen molar-refractivity contribution in [2.24, 2.45) is 5.92 Å². The molecule has 2 N–H and O–H groups in total. The number of halogens is 2. The first-order valence-corrected chi connectivity index (χ1v) is 14.0. The maximum Gasteiger partial charge on any atom is 0.232 e. The molecule has 4 heterocycles. The van der Waals surface area contributed by atoms with Crippen LogP contribution in [0.25, 0.3) is 0 Å². The molecule has 0 bridgehead atoms. The Morgan fingerprint density at radius 1 is 1.12 bits per heavy atom. The van der Waals surface area contributed by atoms with Gasteiger partial charge in [0, 0.05) is 68.5 Å². The number of morpholine rings is 1. The van der Waals surface area contributed by atoms with Crippen molar-refractivity contribution in [2.75, 3.05) is 56.2 Å². The van der Waals surface area contributed by atoms with E-state index in [2.05, 4.69) is 50.5 Å². The summed E-state index contributed by atoms with van der Waals surface area (Å²) in [6.07, 6.45) is 9.37. The quantitative estimate of drug-likeness (QED) is 0.455. The van der Waals surface area contributed by atoms with E-state index in [1.807, 2.05) is 29.1 Å². The standard InChI is InChI=1S/C31H34F2N6O2/c1-21-2-3-22(29(16-21)37-12-14-41-15-13-37)18-38-11-10-35-31(38)36-30(40)27-20-39(24-6-8-34-9-7-24)19-26(27)25-5-4-23(32)17-28(25)33/h2-8,10-11,16-17,26-27,34H,9,12-15,18-20H2,1H3,(H,35,36,40)/t26-,27?/m0/s1. The molecule has 3 aliphatic rings. The van der Waals surface area contributed by atoms with Gasteiger partial charge in [-0.25, -0.2) is 13.8 Å². The minimum atomic E-state index is -0.638. The van der Waals surface area contributed by atoms with Gasteiger partial charge in [0.05, 0.1) is 25.7 Å². The van der Waals surface area contributed by atoms with E-state index in [0.29, 0.717) is 50.9 Å². The highest BCUT2D eigenvalue weighted by atomic mass is 19.1. The van der Waals surface area contributed by atoms with Crippen molar-refractivity contribution in [2.45, 2.75) is 19.4 Å². The van der Waals surface area contributed by atoms with E-state index < -0.39 is 23.5 Å². The van der Waals surface area contributed by atoms with Crippen molar-refractivity contribution in [1.29, 1.82) is 0 Å². The zero-order valence-electron chi connectivity index (χ0n) is 23.0. The molecular formula is C31H34F2N6O2. The predicted octanol–water partition coefficient (Wildman–Crippen LogP) is 4.01. The number of likely N-dealkylation sites (tertiary alicyclic amines) is 1. The molecule has 2 saturated heterocycles. The first-order chi connectivity index (χ1) is 20.0. The molecule has 10 heteroatoms. The summed E-state index contributed by atoms with van der Waals surface area (Å²) in [5, 5.41) is 6.15. The molecular weight excluding hydrogens is 526 g/mol. The summed E-state index contributed by atoms with van der Waals surface area (Å²) in [5.41, 5.74) is 4.77. The zero-order chi connectivity index (χ0) is 28.3. The molecule has 0 saturated carbocycles. The molecule has 41 heavy (non-hydrogen) atoms. The Kier molecular flexibility index (Phi) is 7.74. The summed E-state index contributed by atoms with van der Waals surface area (Å²) >= 11 is 0. The Labute approximate surface area is 238 Å². The van der Waals surface area contributed by atoms with E-state index in [9.17, 15) is 13.6 Å². The summed E-state index contributed by atoms with van der Waals surface area (Å²) in [6, 6.07) is 9.99. The van der Waals surface area contributed by atoms with Gasteiger partial charge in [-0.05, 0) is 54.1 Å². The van der Waals surface area contributed by atoms with Crippen molar-refractivity contribution in [3.05, 3.63) is 101 Å². The Bertz CT molecular complexity index is 1480. The van der Waals surface area contributed by atoms with Crippen LogP contribution in [0.1, 0.15) is 22.6 Å². The number of nitrogens with one attached hydrogen (secondary N) is 2. The lowest BCUT2D eigenvalue weighted by Crippen LogP contribution is -2.37. The number of ether oxygens (including phenoxy) is 1. The number of nitrogens with zero attached hydrogens (tertiary/aromatic N) is 4. The van der Waals surface area contributed by atoms with Crippen molar-refractivity contribution in [1.82, 2.24) is 19.8 Å². The van der Waals surface area contributed by atoms with E-state index in [-0.39, 0.29) is 5.91 Å². The number of aromatic nitrogens is 2. The fourth-order valence-corrected chi connectivity index (χ4v) is 5.93. The number of hydrogen-bond acceptors (Lipinski definition) is 6. The molecule has 0 spiro atoms. The van der Waals surface area contributed by atoms with Crippen LogP contribution in [0.3, 0.4) is 0 Å². The highest BCUT2D eigenvalue weighted by Crippen LogP contribution is 2.37. The third-order valence-electron chi connectivity index (χ3n) is 8.07. The predicted molar refractivity (Wildman–Crippen MR) is 154 cm³/mol. The maximum atomic E-state index is 15.0. The van der Waals surface area contributed by atoms with Gasteiger partial charge in [0.15, 0.2) is 0 Å². The molecule has 2 atom stereocenters. The second-order valence-corrected chi connectivity index (χ2v) is 10.8. The summed E-state index contributed by atoms with van der Waals surface area (Å²) in [6.45, 7) is 7.17. The highest BCUT2D eigenvalue weighted by molar-refractivity contribution is 5.92. The molecule has 2 fully saturated rings. The summed E-state index contributed by atoms with van der Waals surface area (Å²) in [4.78, 5) is 22.7. The van der Waals surface area contributed by atoms with Gasteiger partial charge in [0.2, 0.25) is 11.9 Å². The lowest BCUT2D eigenvalue weighted by Gasteiger charge is -2.31. The molecule has 3 aromatic rings. The maximum absolute atomic E-state index is 15.0. The van der Waals surface area contributed by atoms with Gasteiger partial charge < -0.3 is 24.4 Å². The first kappa shape index (κ1) is 27.0. The van der Waals surface area contributed by atoms with E-state index >= 15 is 0 Å². The number of dihydropyridines is 1. The Morgan fingerprint density at radius 3 is 2.76 bits per heavy atom. The largest absolute Gasteiger partial charge is 0.387 e. The Hall–Kier alpha value is -4.18. The minimum Gasteiger partial charge on any atom is -0.387 e. The fraction of sp³-hybridized carbons (Fsp3) is 0.355. The van der Waals surface area contributed by atoms with Crippen LogP contribution in [0.5, 0.6) is 0 Å². The Morgan fingerprint density at radius 2 is 1.98 bits per heavy atom. The molecule has 3 aliphatic heterocycles. The number of carbonyl (C=O) groups is 1. The third-order valence-corrected chi connectivity index (χ3v) is 8.07. The van der Waals surface area contributed by atoms with Gasteiger partial charge in [-0.1, -0.05) is 18.2 Å².